The van der Waals surface area contributed by atoms with Gasteiger partial charge in [0, 0.05) is 17.5 Å². The molecule has 0 saturated heterocycles. The molecule has 3 aromatic rings. The topological polar surface area (TPSA) is 72.8 Å². The van der Waals surface area contributed by atoms with Crippen LogP contribution in [0.2, 0.25) is 0 Å². The molecule has 0 radical (unpaired) electrons. The molecule has 7 heteroatoms. The van der Waals surface area contributed by atoms with E-state index in [1.165, 1.54) is 0 Å². The summed E-state index contributed by atoms with van der Waals surface area (Å²) in [5, 5.41) is 4.97. The molecule has 30 heavy (non-hydrogen) atoms. The van der Waals surface area contributed by atoms with Gasteiger partial charge in [0.2, 0.25) is 0 Å². The highest BCUT2D eigenvalue weighted by Crippen LogP contribution is 2.27. The number of hydrogen-bond donors (Lipinski definition) is 1. The van der Waals surface area contributed by atoms with E-state index in [0.29, 0.717) is 11.5 Å². The average Bonchev–Trinajstić information content (AvgIpc) is 2.77. The highest BCUT2D eigenvalue weighted by Gasteiger charge is 2.06. The lowest BCUT2D eigenvalue weighted by molar-refractivity contribution is -0.123. The van der Waals surface area contributed by atoms with Crippen molar-refractivity contribution in [1.82, 2.24) is 10.4 Å². The van der Waals surface area contributed by atoms with E-state index in [9.17, 15) is 4.79 Å². The smallest absolute Gasteiger partial charge is 0.277 e. The maximum absolute atomic E-state index is 11.9. The molecule has 0 saturated carbocycles. The number of methoxy groups -OCH3 is 1. The lowest BCUT2D eigenvalue weighted by Crippen LogP contribution is -2.24. The summed E-state index contributed by atoms with van der Waals surface area (Å²) in [6.07, 6.45) is 3.37. The minimum atomic E-state index is -0.327. The normalized spacial score (nSPS) is 10.7. The number of ether oxygens (including phenoxy) is 2. The summed E-state index contributed by atoms with van der Waals surface area (Å²) >= 11 is 1.62. The van der Waals surface area contributed by atoms with Gasteiger partial charge in [0.1, 0.15) is 11.5 Å². The molecule has 0 aliphatic carbocycles. The summed E-state index contributed by atoms with van der Waals surface area (Å²) in [5.41, 5.74) is 5.43. The molecule has 6 nitrogen and oxygen atoms in total. The summed E-state index contributed by atoms with van der Waals surface area (Å²) < 4.78 is 10.9. The van der Waals surface area contributed by atoms with Crippen molar-refractivity contribution >= 4 is 23.9 Å². The second kappa shape index (κ2) is 11.0. The number of hydrogen-bond acceptors (Lipinski definition) is 6. The number of amides is 1. The number of carbonyl (C=O) groups is 1. The van der Waals surface area contributed by atoms with E-state index in [-0.39, 0.29) is 12.5 Å². The Kier molecular flexibility index (Phi) is 7.86. The molecule has 2 aromatic carbocycles. The molecule has 0 unspecified atom stereocenters. The van der Waals surface area contributed by atoms with E-state index in [1.807, 2.05) is 67.6 Å². The SMILES string of the molecule is COc1ccc(/C=N/NC(=O)COc2cccc(C)c2)cc1CSc1ccccn1. The van der Waals surface area contributed by atoms with Gasteiger partial charge in [0.25, 0.3) is 5.91 Å². The maximum Gasteiger partial charge on any atom is 0.277 e. The molecule has 1 amide bonds. The third-order valence-electron chi connectivity index (χ3n) is 4.08. The van der Waals surface area contributed by atoms with Crippen LogP contribution in [0.1, 0.15) is 16.7 Å². The van der Waals surface area contributed by atoms with E-state index >= 15 is 0 Å². The van der Waals surface area contributed by atoms with Gasteiger partial charge >= 0.3 is 0 Å². The minimum absolute atomic E-state index is 0.102. The van der Waals surface area contributed by atoms with Crippen LogP contribution in [-0.4, -0.2) is 30.8 Å². The first-order valence-electron chi connectivity index (χ1n) is 9.36. The van der Waals surface area contributed by atoms with Crippen LogP contribution < -0.4 is 14.9 Å². The molecule has 0 aliphatic rings. The monoisotopic (exact) mass is 421 g/mol. The number of hydrazone groups is 1. The molecule has 1 aromatic heterocycles. The van der Waals surface area contributed by atoms with Crippen LogP contribution in [-0.2, 0) is 10.5 Å². The van der Waals surface area contributed by atoms with Gasteiger partial charge in [-0.15, -0.1) is 11.8 Å². The van der Waals surface area contributed by atoms with E-state index < -0.39 is 0 Å². The van der Waals surface area contributed by atoms with Crippen molar-refractivity contribution in [1.29, 1.82) is 0 Å². The molecule has 0 spiro atoms. The van der Waals surface area contributed by atoms with Crippen molar-refractivity contribution in [2.75, 3.05) is 13.7 Å². The number of benzene rings is 2. The molecule has 0 aliphatic heterocycles. The van der Waals surface area contributed by atoms with Gasteiger partial charge in [0.15, 0.2) is 6.61 Å². The first-order chi connectivity index (χ1) is 14.6. The fourth-order valence-electron chi connectivity index (χ4n) is 2.64. The number of carbonyl (C=O) groups excluding carboxylic acids is 1. The van der Waals surface area contributed by atoms with Crippen LogP contribution in [0.5, 0.6) is 11.5 Å². The summed E-state index contributed by atoms with van der Waals surface area (Å²) in [7, 11) is 1.65. The molecular weight excluding hydrogens is 398 g/mol. The largest absolute Gasteiger partial charge is 0.496 e. The summed E-state index contributed by atoms with van der Waals surface area (Å²) in [6.45, 7) is 1.87. The fraction of sp³-hybridized carbons (Fsp3) is 0.174. The standard InChI is InChI=1S/C23H23N3O3S/c1-17-6-5-7-20(12-17)29-15-22(27)26-25-14-18-9-10-21(28-2)19(13-18)16-30-23-8-3-4-11-24-23/h3-14H,15-16H2,1-2H3,(H,26,27)/b25-14+. The van der Waals surface area contributed by atoms with Gasteiger partial charge in [-0.25, -0.2) is 10.4 Å². The highest BCUT2D eigenvalue weighted by molar-refractivity contribution is 7.98. The third kappa shape index (κ3) is 6.63. The molecule has 1 N–H and O–H groups in total. The number of rotatable bonds is 9. The predicted octanol–water partition coefficient (Wildman–Crippen LogP) is 4.22. The Morgan fingerprint density at radius 1 is 1.17 bits per heavy atom. The van der Waals surface area contributed by atoms with Gasteiger partial charge < -0.3 is 9.47 Å². The number of nitrogens with one attached hydrogen (secondary N) is 1. The predicted molar refractivity (Wildman–Crippen MR) is 119 cm³/mol. The first-order valence-corrected chi connectivity index (χ1v) is 10.3. The summed E-state index contributed by atoms with van der Waals surface area (Å²) in [5.74, 6) is 1.83. The molecule has 3 rings (SSSR count). The van der Waals surface area contributed by atoms with Crippen molar-refractivity contribution in [3.63, 3.8) is 0 Å². The van der Waals surface area contributed by atoms with Gasteiger partial charge in [-0.1, -0.05) is 18.2 Å². The lowest BCUT2D eigenvalue weighted by Gasteiger charge is -2.09. The quantitative estimate of drug-likeness (QED) is 0.318. The fourth-order valence-corrected chi connectivity index (χ4v) is 3.48. The Balaban J connectivity index is 1.54. The maximum atomic E-state index is 11.9. The zero-order chi connectivity index (χ0) is 21.2. The van der Waals surface area contributed by atoms with Crippen LogP contribution in [0.4, 0.5) is 0 Å². The highest BCUT2D eigenvalue weighted by atomic mass is 32.2. The van der Waals surface area contributed by atoms with Gasteiger partial charge in [-0.05, 0) is 60.5 Å². The molecule has 0 atom stereocenters. The zero-order valence-corrected chi connectivity index (χ0v) is 17.7. The lowest BCUT2D eigenvalue weighted by atomic mass is 10.1. The van der Waals surface area contributed by atoms with Crippen molar-refractivity contribution < 1.29 is 14.3 Å². The van der Waals surface area contributed by atoms with E-state index in [2.05, 4.69) is 15.5 Å². The molecule has 0 fully saturated rings. The number of nitrogens with zero attached hydrogens (tertiary/aromatic N) is 2. The minimum Gasteiger partial charge on any atom is -0.496 e. The second-order valence-corrected chi connectivity index (χ2v) is 7.42. The first kappa shape index (κ1) is 21.4. The Bertz CT molecular complexity index is 1010. The van der Waals surface area contributed by atoms with Crippen LogP contribution in [0.25, 0.3) is 0 Å². The number of thioether (sulfide) groups is 1. The van der Waals surface area contributed by atoms with Crippen molar-refractivity contribution in [2.45, 2.75) is 17.7 Å². The Morgan fingerprint density at radius 2 is 2.07 bits per heavy atom. The Morgan fingerprint density at radius 3 is 2.83 bits per heavy atom. The second-order valence-electron chi connectivity index (χ2n) is 6.43. The van der Waals surface area contributed by atoms with Gasteiger partial charge in [-0.3, -0.25) is 4.79 Å². The van der Waals surface area contributed by atoms with Gasteiger partial charge in [-0.2, -0.15) is 5.10 Å². The molecule has 154 valence electrons. The summed E-state index contributed by atoms with van der Waals surface area (Å²) in [4.78, 5) is 16.3. The number of pyridine rings is 1. The Hall–Kier alpha value is -3.32. The Labute approximate surface area is 180 Å². The van der Waals surface area contributed by atoms with Crippen molar-refractivity contribution in [3.8, 4) is 11.5 Å². The third-order valence-corrected chi connectivity index (χ3v) is 5.07. The summed E-state index contributed by atoms with van der Waals surface area (Å²) in [6, 6.07) is 19.1. The average molecular weight is 422 g/mol. The molecule has 0 bridgehead atoms. The van der Waals surface area contributed by atoms with Crippen LogP contribution in [0, 0.1) is 6.92 Å². The van der Waals surface area contributed by atoms with E-state index in [1.54, 1.807) is 31.3 Å². The number of aryl methyl sites for hydroxylation is 1. The van der Waals surface area contributed by atoms with Crippen molar-refractivity contribution in [3.05, 3.63) is 83.6 Å². The van der Waals surface area contributed by atoms with Crippen LogP contribution >= 0.6 is 11.8 Å². The van der Waals surface area contributed by atoms with Crippen LogP contribution in [0.3, 0.4) is 0 Å². The zero-order valence-electron chi connectivity index (χ0n) is 16.9. The van der Waals surface area contributed by atoms with Crippen molar-refractivity contribution in [2.24, 2.45) is 5.10 Å². The van der Waals surface area contributed by atoms with Gasteiger partial charge in [0.05, 0.1) is 18.4 Å². The molecule has 1 heterocycles. The molecular formula is C23H23N3O3S. The van der Waals surface area contributed by atoms with Crippen LogP contribution in [0.15, 0.2) is 77.0 Å². The van der Waals surface area contributed by atoms with E-state index in [0.717, 1.165) is 27.5 Å². The van der Waals surface area contributed by atoms with E-state index in [4.69, 9.17) is 9.47 Å². The number of aromatic nitrogens is 1.